The summed E-state index contributed by atoms with van der Waals surface area (Å²) in [4.78, 5) is 17.5. The lowest BCUT2D eigenvalue weighted by atomic mass is 10.2. The fourth-order valence-electron chi connectivity index (χ4n) is 1.25. The molecule has 84 valence electrons. The van der Waals surface area contributed by atoms with Crippen LogP contribution < -0.4 is 5.73 Å². The minimum atomic E-state index is -0.175. The molecule has 15 heavy (non-hydrogen) atoms. The van der Waals surface area contributed by atoms with Gasteiger partial charge in [-0.15, -0.1) is 0 Å². The lowest BCUT2D eigenvalue weighted by molar-refractivity contribution is 0.0714. The van der Waals surface area contributed by atoms with Crippen molar-refractivity contribution in [3.05, 3.63) is 17.3 Å². The van der Waals surface area contributed by atoms with Gasteiger partial charge in [-0.25, -0.2) is 4.98 Å². The molecule has 0 spiro atoms. The van der Waals surface area contributed by atoms with Crippen LogP contribution in [0.2, 0.25) is 0 Å². The topological polar surface area (TPSA) is 72.4 Å². The Balaban J connectivity index is 2.89. The molecule has 1 amide bonds. The smallest absolute Gasteiger partial charge is 0.291 e. The molecule has 0 aromatic carbocycles. The van der Waals surface area contributed by atoms with Gasteiger partial charge >= 0.3 is 0 Å². The number of oxazole rings is 1. The fourth-order valence-corrected chi connectivity index (χ4v) is 1.25. The van der Waals surface area contributed by atoms with E-state index in [0.29, 0.717) is 23.9 Å². The van der Waals surface area contributed by atoms with Crippen LogP contribution in [0.4, 0.5) is 0 Å². The number of carbonyl (C=O) groups is 1. The van der Waals surface area contributed by atoms with Crippen LogP contribution in [0.3, 0.4) is 0 Å². The molecule has 5 nitrogen and oxygen atoms in total. The predicted molar refractivity (Wildman–Crippen MR) is 56.6 cm³/mol. The number of aryl methyl sites for hydroxylation is 2. The Labute approximate surface area is 89.3 Å². The SMILES string of the molecule is Cc1nc(C)c(C(=O)N(C)C(C)CN)o1. The van der Waals surface area contributed by atoms with E-state index >= 15 is 0 Å². The maximum atomic E-state index is 11.9. The van der Waals surface area contributed by atoms with Gasteiger partial charge < -0.3 is 15.1 Å². The fraction of sp³-hybridized carbons (Fsp3) is 0.600. The molecule has 1 atom stereocenters. The maximum absolute atomic E-state index is 11.9. The predicted octanol–water partition coefficient (Wildman–Crippen LogP) is 0.711. The van der Waals surface area contributed by atoms with Crippen LogP contribution >= 0.6 is 0 Å². The summed E-state index contributed by atoms with van der Waals surface area (Å²) in [7, 11) is 1.71. The number of nitrogens with zero attached hydrogens (tertiary/aromatic N) is 2. The molecule has 0 bridgehead atoms. The molecule has 0 aliphatic carbocycles. The van der Waals surface area contributed by atoms with Gasteiger partial charge in [0.2, 0.25) is 5.76 Å². The van der Waals surface area contributed by atoms with Crippen LogP contribution in [0.25, 0.3) is 0 Å². The number of likely N-dealkylation sites (N-methyl/N-ethyl adjacent to an activating group) is 1. The van der Waals surface area contributed by atoms with Crippen LogP contribution in [-0.2, 0) is 0 Å². The van der Waals surface area contributed by atoms with E-state index in [1.807, 2.05) is 6.92 Å². The average molecular weight is 211 g/mol. The van der Waals surface area contributed by atoms with Gasteiger partial charge in [0.25, 0.3) is 5.91 Å². The van der Waals surface area contributed by atoms with Gasteiger partial charge in [0.15, 0.2) is 5.89 Å². The molecule has 0 radical (unpaired) electrons. The Morgan fingerprint density at radius 3 is 2.60 bits per heavy atom. The minimum Gasteiger partial charge on any atom is -0.436 e. The summed E-state index contributed by atoms with van der Waals surface area (Å²) in [6, 6.07) is -0.0118. The van der Waals surface area contributed by atoms with E-state index in [2.05, 4.69) is 4.98 Å². The molecule has 1 rings (SSSR count). The molecule has 0 saturated carbocycles. The first-order valence-electron chi connectivity index (χ1n) is 4.88. The van der Waals surface area contributed by atoms with E-state index in [1.54, 1.807) is 25.8 Å². The Bertz CT molecular complexity index is 360. The second-order valence-corrected chi connectivity index (χ2v) is 3.65. The summed E-state index contributed by atoms with van der Waals surface area (Å²) in [6.45, 7) is 5.78. The lowest BCUT2D eigenvalue weighted by Gasteiger charge is -2.22. The number of hydrogen-bond acceptors (Lipinski definition) is 4. The Morgan fingerprint density at radius 2 is 2.20 bits per heavy atom. The molecule has 2 N–H and O–H groups in total. The zero-order valence-electron chi connectivity index (χ0n) is 9.57. The van der Waals surface area contributed by atoms with Crippen molar-refractivity contribution in [3.63, 3.8) is 0 Å². The van der Waals surface area contributed by atoms with E-state index in [-0.39, 0.29) is 11.9 Å². The monoisotopic (exact) mass is 211 g/mol. The highest BCUT2D eigenvalue weighted by Crippen LogP contribution is 2.12. The normalized spacial score (nSPS) is 12.6. The Morgan fingerprint density at radius 1 is 1.60 bits per heavy atom. The highest BCUT2D eigenvalue weighted by molar-refractivity contribution is 5.92. The van der Waals surface area contributed by atoms with E-state index in [1.165, 1.54) is 0 Å². The first-order chi connectivity index (χ1) is 6.97. The molecule has 1 aromatic heterocycles. The van der Waals surface area contributed by atoms with Crippen molar-refractivity contribution in [1.82, 2.24) is 9.88 Å². The van der Waals surface area contributed by atoms with Crippen molar-refractivity contribution in [2.24, 2.45) is 5.73 Å². The van der Waals surface area contributed by atoms with E-state index < -0.39 is 0 Å². The van der Waals surface area contributed by atoms with Gasteiger partial charge in [-0.2, -0.15) is 0 Å². The van der Waals surface area contributed by atoms with Gasteiger partial charge in [0.1, 0.15) is 0 Å². The van der Waals surface area contributed by atoms with Crippen molar-refractivity contribution < 1.29 is 9.21 Å². The van der Waals surface area contributed by atoms with Crippen LogP contribution in [0.15, 0.2) is 4.42 Å². The first kappa shape index (κ1) is 11.7. The van der Waals surface area contributed by atoms with E-state index in [0.717, 1.165) is 0 Å². The molecule has 5 heteroatoms. The number of amides is 1. The van der Waals surface area contributed by atoms with Crippen molar-refractivity contribution in [1.29, 1.82) is 0 Å². The van der Waals surface area contributed by atoms with Gasteiger partial charge in [0, 0.05) is 26.6 Å². The third-order valence-corrected chi connectivity index (χ3v) is 2.42. The minimum absolute atomic E-state index is 0.0118. The highest BCUT2D eigenvalue weighted by atomic mass is 16.4. The van der Waals surface area contributed by atoms with Crippen LogP contribution in [0.1, 0.15) is 29.1 Å². The van der Waals surface area contributed by atoms with Gasteiger partial charge in [-0.1, -0.05) is 0 Å². The van der Waals surface area contributed by atoms with Crippen molar-refractivity contribution >= 4 is 5.91 Å². The quantitative estimate of drug-likeness (QED) is 0.799. The number of rotatable bonds is 3. The Hall–Kier alpha value is -1.36. The van der Waals surface area contributed by atoms with Gasteiger partial charge in [-0.05, 0) is 13.8 Å². The molecule has 1 aromatic rings. The number of nitrogens with two attached hydrogens (primary N) is 1. The summed E-state index contributed by atoms with van der Waals surface area (Å²) in [5.41, 5.74) is 6.11. The molecular formula is C10H17N3O2. The number of aromatic nitrogens is 1. The third kappa shape index (κ3) is 2.36. The second-order valence-electron chi connectivity index (χ2n) is 3.65. The number of carbonyl (C=O) groups excluding carboxylic acids is 1. The Kier molecular flexibility index (Phi) is 3.47. The molecule has 1 heterocycles. The molecule has 0 fully saturated rings. The highest BCUT2D eigenvalue weighted by Gasteiger charge is 2.22. The molecule has 0 saturated heterocycles. The van der Waals surface area contributed by atoms with Crippen LogP contribution in [0.5, 0.6) is 0 Å². The zero-order chi connectivity index (χ0) is 11.6. The number of hydrogen-bond donors (Lipinski definition) is 1. The van der Waals surface area contributed by atoms with Gasteiger partial charge in [0.05, 0.1) is 5.69 Å². The summed E-state index contributed by atoms with van der Waals surface area (Å²) >= 11 is 0. The largest absolute Gasteiger partial charge is 0.436 e. The van der Waals surface area contributed by atoms with Crippen molar-refractivity contribution in [3.8, 4) is 0 Å². The standard InChI is InChI=1S/C10H17N3O2/c1-6(5-11)13(4)10(14)9-7(2)12-8(3)15-9/h6H,5,11H2,1-4H3. The lowest BCUT2D eigenvalue weighted by Crippen LogP contribution is -2.39. The van der Waals surface area contributed by atoms with Gasteiger partial charge in [-0.3, -0.25) is 4.79 Å². The average Bonchev–Trinajstić information content (AvgIpc) is 2.54. The zero-order valence-corrected chi connectivity index (χ0v) is 9.57. The molecule has 1 unspecified atom stereocenters. The van der Waals surface area contributed by atoms with E-state index in [9.17, 15) is 4.79 Å². The third-order valence-electron chi connectivity index (χ3n) is 2.42. The van der Waals surface area contributed by atoms with Crippen molar-refractivity contribution in [2.45, 2.75) is 26.8 Å². The van der Waals surface area contributed by atoms with Crippen LogP contribution in [-0.4, -0.2) is 35.4 Å². The first-order valence-corrected chi connectivity index (χ1v) is 4.88. The van der Waals surface area contributed by atoms with Crippen LogP contribution in [0, 0.1) is 13.8 Å². The van der Waals surface area contributed by atoms with Crippen molar-refractivity contribution in [2.75, 3.05) is 13.6 Å². The second kappa shape index (κ2) is 4.44. The summed E-state index contributed by atoms with van der Waals surface area (Å²) in [5, 5.41) is 0. The summed E-state index contributed by atoms with van der Waals surface area (Å²) in [6.07, 6.45) is 0. The summed E-state index contributed by atoms with van der Waals surface area (Å²) < 4.78 is 5.25. The molecular weight excluding hydrogens is 194 g/mol. The maximum Gasteiger partial charge on any atom is 0.291 e. The molecule has 0 aliphatic heterocycles. The summed E-state index contributed by atoms with van der Waals surface area (Å²) in [5.74, 6) is 0.631. The van der Waals surface area contributed by atoms with E-state index in [4.69, 9.17) is 10.2 Å². The molecule has 0 aliphatic rings.